The van der Waals surface area contributed by atoms with Gasteiger partial charge in [-0.1, -0.05) is 62.4 Å². The maximum Gasteiger partial charge on any atom is 0.0342 e. The standard InChI is InChI=1S/C9H13N.C9H12/c1-8(2)10-9-6-4-3-5-7-9;1-8(2)9-6-4-3-5-7-9/h3-8,10H,1-2H3;3-8H,1-2H3. The average Bonchev–Trinajstić information content (AvgIpc) is 2.41. The Bertz CT molecular complexity index is 432. The number of nitrogens with one attached hydrogen (secondary N) is 1. The molecule has 0 aliphatic carbocycles. The molecule has 1 nitrogen and oxygen atoms in total. The quantitative estimate of drug-likeness (QED) is 0.783. The molecule has 102 valence electrons. The van der Waals surface area contributed by atoms with E-state index in [-0.39, 0.29) is 0 Å². The third kappa shape index (κ3) is 6.66. The van der Waals surface area contributed by atoms with E-state index >= 15 is 0 Å². The van der Waals surface area contributed by atoms with Crippen molar-refractivity contribution in [2.75, 3.05) is 5.32 Å². The van der Waals surface area contributed by atoms with Crippen LogP contribution in [-0.2, 0) is 0 Å². The van der Waals surface area contributed by atoms with Gasteiger partial charge >= 0.3 is 0 Å². The Kier molecular flexibility index (Phi) is 6.73. The van der Waals surface area contributed by atoms with Crippen LogP contribution in [0.15, 0.2) is 60.7 Å². The highest BCUT2D eigenvalue weighted by Gasteiger charge is 1.93. The Morgan fingerprint density at radius 3 is 1.53 bits per heavy atom. The number of para-hydroxylation sites is 1. The number of benzene rings is 2. The molecule has 1 heteroatoms. The summed E-state index contributed by atoms with van der Waals surface area (Å²) in [4.78, 5) is 0. The van der Waals surface area contributed by atoms with Crippen molar-refractivity contribution < 1.29 is 0 Å². The van der Waals surface area contributed by atoms with Gasteiger partial charge in [-0.2, -0.15) is 0 Å². The van der Waals surface area contributed by atoms with E-state index in [4.69, 9.17) is 0 Å². The van der Waals surface area contributed by atoms with E-state index in [1.165, 1.54) is 11.3 Å². The Morgan fingerprint density at radius 2 is 1.16 bits per heavy atom. The Hall–Kier alpha value is -1.76. The predicted molar refractivity (Wildman–Crippen MR) is 85.7 cm³/mol. The zero-order chi connectivity index (χ0) is 14.1. The normalized spacial score (nSPS) is 10.0. The summed E-state index contributed by atoms with van der Waals surface area (Å²) in [6.07, 6.45) is 0. The third-order valence-electron chi connectivity index (χ3n) is 2.70. The molecule has 0 saturated carbocycles. The molecule has 19 heavy (non-hydrogen) atoms. The van der Waals surface area contributed by atoms with Crippen LogP contribution < -0.4 is 5.32 Å². The van der Waals surface area contributed by atoms with Crippen molar-refractivity contribution in [1.29, 1.82) is 0 Å². The summed E-state index contributed by atoms with van der Waals surface area (Å²) >= 11 is 0. The summed E-state index contributed by atoms with van der Waals surface area (Å²) in [6.45, 7) is 8.67. The van der Waals surface area contributed by atoms with Crippen LogP contribution in [0.4, 0.5) is 5.69 Å². The molecular formula is C18H25N. The van der Waals surface area contributed by atoms with E-state index in [0.717, 1.165) is 0 Å². The summed E-state index contributed by atoms with van der Waals surface area (Å²) in [7, 11) is 0. The van der Waals surface area contributed by atoms with Crippen LogP contribution in [-0.4, -0.2) is 6.04 Å². The number of hydrogen-bond acceptors (Lipinski definition) is 1. The highest BCUT2D eigenvalue weighted by Crippen LogP contribution is 2.11. The minimum absolute atomic E-state index is 0.516. The number of anilines is 1. The summed E-state index contributed by atoms with van der Waals surface area (Å²) in [5.41, 5.74) is 2.61. The molecule has 0 spiro atoms. The van der Waals surface area contributed by atoms with E-state index in [9.17, 15) is 0 Å². The molecule has 0 radical (unpaired) electrons. The van der Waals surface area contributed by atoms with E-state index in [1.54, 1.807) is 0 Å². The van der Waals surface area contributed by atoms with Crippen LogP contribution in [0.5, 0.6) is 0 Å². The van der Waals surface area contributed by atoms with Gasteiger partial charge in [-0.3, -0.25) is 0 Å². The van der Waals surface area contributed by atoms with Gasteiger partial charge in [0.25, 0.3) is 0 Å². The van der Waals surface area contributed by atoms with Gasteiger partial charge in [0.05, 0.1) is 0 Å². The number of rotatable bonds is 3. The first-order valence-electron chi connectivity index (χ1n) is 6.96. The monoisotopic (exact) mass is 255 g/mol. The lowest BCUT2D eigenvalue weighted by molar-refractivity contribution is 0.867. The van der Waals surface area contributed by atoms with Crippen LogP contribution >= 0.6 is 0 Å². The summed E-state index contributed by atoms with van der Waals surface area (Å²) in [6, 6.07) is 21.3. The molecule has 0 saturated heterocycles. The second-order valence-corrected chi connectivity index (χ2v) is 5.23. The van der Waals surface area contributed by atoms with Gasteiger partial charge < -0.3 is 5.32 Å². The van der Waals surface area contributed by atoms with Gasteiger partial charge in [-0.15, -0.1) is 0 Å². The van der Waals surface area contributed by atoms with Crippen LogP contribution in [0, 0.1) is 0 Å². The molecule has 0 aliphatic heterocycles. The first-order valence-corrected chi connectivity index (χ1v) is 6.96. The van der Waals surface area contributed by atoms with Crippen LogP contribution in [0.2, 0.25) is 0 Å². The lowest BCUT2D eigenvalue weighted by Gasteiger charge is -2.08. The van der Waals surface area contributed by atoms with E-state index in [0.29, 0.717) is 12.0 Å². The average molecular weight is 255 g/mol. The van der Waals surface area contributed by atoms with Crippen LogP contribution in [0.3, 0.4) is 0 Å². The number of hydrogen-bond donors (Lipinski definition) is 1. The summed E-state index contributed by atoms with van der Waals surface area (Å²) in [5.74, 6) is 0.659. The third-order valence-corrected chi connectivity index (χ3v) is 2.70. The van der Waals surface area contributed by atoms with Crippen molar-refractivity contribution in [3.05, 3.63) is 66.2 Å². The molecule has 0 fully saturated rings. The minimum Gasteiger partial charge on any atom is -0.383 e. The fraction of sp³-hybridized carbons (Fsp3) is 0.333. The predicted octanol–water partition coefficient (Wildman–Crippen LogP) is 5.32. The Labute approximate surface area is 117 Å². The van der Waals surface area contributed by atoms with Crippen molar-refractivity contribution >= 4 is 5.69 Å². The van der Waals surface area contributed by atoms with Crippen LogP contribution in [0.25, 0.3) is 0 Å². The SMILES string of the molecule is CC(C)Nc1ccccc1.CC(C)c1ccccc1. The Balaban J connectivity index is 0.000000191. The lowest BCUT2D eigenvalue weighted by atomic mass is 10.0. The molecule has 0 aromatic heterocycles. The second kappa shape index (κ2) is 8.36. The zero-order valence-electron chi connectivity index (χ0n) is 12.4. The highest BCUT2D eigenvalue weighted by molar-refractivity contribution is 5.42. The van der Waals surface area contributed by atoms with Crippen molar-refractivity contribution in [2.45, 2.75) is 39.7 Å². The molecule has 2 rings (SSSR count). The first-order chi connectivity index (χ1) is 9.09. The summed E-state index contributed by atoms with van der Waals surface area (Å²) in [5, 5.41) is 3.30. The van der Waals surface area contributed by atoms with Gasteiger partial charge in [0.2, 0.25) is 0 Å². The van der Waals surface area contributed by atoms with Crippen molar-refractivity contribution in [3.63, 3.8) is 0 Å². The van der Waals surface area contributed by atoms with Gasteiger partial charge in [0.1, 0.15) is 0 Å². The van der Waals surface area contributed by atoms with Gasteiger partial charge in [-0.05, 0) is 37.5 Å². The van der Waals surface area contributed by atoms with Crippen LogP contribution in [0.1, 0.15) is 39.2 Å². The molecule has 0 aliphatic rings. The topological polar surface area (TPSA) is 12.0 Å². The molecule has 0 heterocycles. The van der Waals surface area contributed by atoms with Crippen molar-refractivity contribution in [3.8, 4) is 0 Å². The molecule has 2 aromatic rings. The molecule has 2 aromatic carbocycles. The van der Waals surface area contributed by atoms with E-state index in [1.807, 2.05) is 24.3 Å². The molecule has 0 bridgehead atoms. The molecular weight excluding hydrogens is 230 g/mol. The van der Waals surface area contributed by atoms with Gasteiger partial charge in [0, 0.05) is 11.7 Å². The van der Waals surface area contributed by atoms with Gasteiger partial charge in [-0.25, -0.2) is 0 Å². The molecule has 0 unspecified atom stereocenters. The fourth-order valence-corrected chi connectivity index (χ4v) is 1.71. The van der Waals surface area contributed by atoms with Crippen molar-refractivity contribution in [2.24, 2.45) is 0 Å². The van der Waals surface area contributed by atoms with E-state index in [2.05, 4.69) is 69.4 Å². The molecule has 0 atom stereocenters. The molecule has 1 N–H and O–H groups in total. The fourth-order valence-electron chi connectivity index (χ4n) is 1.71. The lowest BCUT2D eigenvalue weighted by Crippen LogP contribution is -2.08. The summed E-state index contributed by atoms with van der Waals surface area (Å²) < 4.78 is 0. The second-order valence-electron chi connectivity index (χ2n) is 5.23. The van der Waals surface area contributed by atoms with E-state index < -0.39 is 0 Å². The zero-order valence-corrected chi connectivity index (χ0v) is 12.4. The van der Waals surface area contributed by atoms with Gasteiger partial charge in [0.15, 0.2) is 0 Å². The smallest absolute Gasteiger partial charge is 0.0342 e. The minimum atomic E-state index is 0.516. The Morgan fingerprint density at radius 1 is 0.684 bits per heavy atom. The maximum absolute atomic E-state index is 3.30. The highest BCUT2D eigenvalue weighted by atomic mass is 14.9. The first kappa shape index (κ1) is 15.3. The van der Waals surface area contributed by atoms with Crippen molar-refractivity contribution in [1.82, 2.24) is 0 Å². The maximum atomic E-state index is 3.30. The molecule has 0 amide bonds. The largest absolute Gasteiger partial charge is 0.383 e.